The standard InChI is InChI=1S/C11H14BrNO/c1-3-8(2)7-10(14)11-9(12)5-4-6-13-11/h4-6,8H,3,7H2,1-2H3. The molecule has 0 bridgehead atoms. The summed E-state index contributed by atoms with van der Waals surface area (Å²) in [6, 6.07) is 3.65. The lowest BCUT2D eigenvalue weighted by Gasteiger charge is -2.07. The van der Waals surface area contributed by atoms with Crippen LogP contribution < -0.4 is 0 Å². The Balaban J connectivity index is 2.75. The monoisotopic (exact) mass is 255 g/mol. The zero-order valence-corrected chi connectivity index (χ0v) is 10.0. The molecule has 3 heteroatoms. The third kappa shape index (κ3) is 2.91. The number of nitrogens with zero attached hydrogens (tertiary/aromatic N) is 1. The smallest absolute Gasteiger partial charge is 0.182 e. The highest BCUT2D eigenvalue weighted by Crippen LogP contribution is 2.18. The van der Waals surface area contributed by atoms with Crippen molar-refractivity contribution in [3.63, 3.8) is 0 Å². The van der Waals surface area contributed by atoms with Crippen LogP contribution in [0.2, 0.25) is 0 Å². The van der Waals surface area contributed by atoms with Gasteiger partial charge in [-0.05, 0) is 34.0 Å². The van der Waals surface area contributed by atoms with Gasteiger partial charge in [-0.15, -0.1) is 0 Å². The minimum atomic E-state index is 0.117. The molecular weight excluding hydrogens is 242 g/mol. The lowest BCUT2D eigenvalue weighted by Crippen LogP contribution is -2.07. The van der Waals surface area contributed by atoms with Crippen LogP contribution in [0.4, 0.5) is 0 Å². The molecule has 14 heavy (non-hydrogen) atoms. The number of pyridine rings is 1. The second-order valence-corrected chi connectivity index (χ2v) is 4.33. The van der Waals surface area contributed by atoms with Gasteiger partial charge in [-0.25, -0.2) is 0 Å². The molecule has 0 amide bonds. The van der Waals surface area contributed by atoms with Crippen LogP contribution in [-0.4, -0.2) is 10.8 Å². The van der Waals surface area contributed by atoms with Gasteiger partial charge in [0, 0.05) is 17.1 Å². The first-order chi connectivity index (χ1) is 6.65. The van der Waals surface area contributed by atoms with Gasteiger partial charge >= 0.3 is 0 Å². The third-order valence-corrected chi connectivity index (χ3v) is 2.89. The molecular formula is C11H14BrNO. The highest BCUT2D eigenvalue weighted by molar-refractivity contribution is 9.10. The number of aromatic nitrogens is 1. The molecule has 76 valence electrons. The minimum Gasteiger partial charge on any atom is -0.292 e. The lowest BCUT2D eigenvalue weighted by atomic mass is 10.0. The Morgan fingerprint density at radius 2 is 2.36 bits per heavy atom. The molecule has 1 unspecified atom stereocenters. The molecule has 2 nitrogen and oxygen atoms in total. The molecule has 0 saturated carbocycles. The Labute approximate surface area is 92.9 Å². The molecule has 1 atom stereocenters. The van der Waals surface area contributed by atoms with Crippen LogP contribution in [0.3, 0.4) is 0 Å². The average molecular weight is 256 g/mol. The fourth-order valence-electron chi connectivity index (χ4n) is 1.15. The van der Waals surface area contributed by atoms with Crippen molar-refractivity contribution >= 4 is 21.7 Å². The maximum atomic E-state index is 11.7. The molecule has 0 aliphatic carbocycles. The van der Waals surface area contributed by atoms with Crippen LogP contribution in [0.1, 0.15) is 37.2 Å². The summed E-state index contributed by atoms with van der Waals surface area (Å²) in [5.41, 5.74) is 0.549. The van der Waals surface area contributed by atoms with Crippen molar-refractivity contribution in [2.75, 3.05) is 0 Å². The number of rotatable bonds is 4. The summed E-state index contributed by atoms with van der Waals surface area (Å²) in [7, 11) is 0. The predicted octanol–water partition coefficient (Wildman–Crippen LogP) is 3.46. The molecule has 1 rings (SSSR count). The summed E-state index contributed by atoms with van der Waals surface area (Å²) in [5, 5.41) is 0. The van der Waals surface area contributed by atoms with Crippen LogP contribution in [0.5, 0.6) is 0 Å². The molecule has 0 saturated heterocycles. The maximum Gasteiger partial charge on any atom is 0.182 e. The summed E-state index contributed by atoms with van der Waals surface area (Å²) in [5.74, 6) is 0.545. The van der Waals surface area contributed by atoms with Crippen LogP contribution >= 0.6 is 15.9 Å². The van der Waals surface area contributed by atoms with E-state index in [1.165, 1.54) is 0 Å². The van der Waals surface area contributed by atoms with Crippen LogP contribution in [0.25, 0.3) is 0 Å². The average Bonchev–Trinajstić information content (AvgIpc) is 2.18. The zero-order valence-electron chi connectivity index (χ0n) is 8.46. The van der Waals surface area contributed by atoms with Gasteiger partial charge in [0.05, 0.1) is 0 Å². The highest BCUT2D eigenvalue weighted by atomic mass is 79.9. The number of ketones is 1. The Bertz CT molecular complexity index is 325. The van der Waals surface area contributed by atoms with Crippen molar-refractivity contribution in [1.82, 2.24) is 4.98 Å². The number of carbonyl (C=O) groups is 1. The Morgan fingerprint density at radius 3 is 2.93 bits per heavy atom. The van der Waals surface area contributed by atoms with Gasteiger partial charge < -0.3 is 0 Å². The fourth-order valence-corrected chi connectivity index (χ4v) is 1.62. The van der Waals surface area contributed by atoms with Gasteiger partial charge in [-0.3, -0.25) is 9.78 Å². The first-order valence-corrected chi connectivity index (χ1v) is 5.58. The van der Waals surface area contributed by atoms with Gasteiger partial charge in [0.1, 0.15) is 5.69 Å². The molecule has 1 heterocycles. The summed E-state index contributed by atoms with van der Waals surface area (Å²) in [6.07, 6.45) is 3.25. The molecule has 1 aromatic heterocycles. The summed E-state index contributed by atoms with van der Waals surface area (Å²) in [6.45, 7) is 4.17. The number of halogens is 1. The van der Waals surface area contributed by atoms with Gasteiger partial charge in [0.15, 0.2) is 5.78 Å². The Hall–Kier alpha value is -0.700. The second-order valence-electron chi connectivity index (χ2n) is 3.47. The molecule has 0 radical (unpaired) electrons. The third-order valence-electron chi connectivity index (χ3n) is 2.25. The van der Waals surface area contributed by atoms with Crippen molar-refractivity contribution in [2.45, 2.75) is 26.7 Å². The molecule has 0 fully saturated rings. The molecule has 1 aromatic rings. The molecule has 0 aromatic carbocycles. The molecule has 0 aliphatic rings. The van der Waals surface area contributed by atoms with Crippen LogP contribution in [0, 0.1) is 5.92 Å². The Morgan fingerprint density at radius 1 is 1.64 bits per heavy atom. The van der Waals surface area contributed by atoms with E-state index in [1.54, 1.807) is 6.20 Å². The molecule has 0 spiro atoms. The van der Waals surface area contributed by atoms with E-state index in [0.29, 0.717) is 18.0 Å². The SMILES string of the molecule is CCC(C)CC(=O)c1ncccc1Br. The summed E-state index contributed by atoms with van der Waals surface area (Å²) < 4.78 is 0.785. The molecule has 0 aliphatic heterocycles. The highest BCUT2D eigenvalue weighted by Gasteiger charge is 2.13. The van der Waals surface area contributed by atoms with Crippen molar-refractivity contribution < 1.29 is 4.79 Å². The normalized spacial score (nSPS) is 12.5. The van der Waals surface area contributed by atoms with Gasteiger partial charge in [-0.2, -0.15) is 0 Å². The quantitative estimate of drug-likeness (QED) is 0.772. The Kier molecular flexibility index (Phi) is 4.26. The van der Waals surface area contributed by atoms with Gasteiger partial charge in [0.2, 0.25) is 0 Å². The van der Waals surface area contributed by atoms with E-state index in [2.05, 4.69) is 34.8 Å². The minimum absolute atomic E-state index is 0.117. The number of Topliss-reactive ketones (excluding diaryl/α,β-unsaturated/α-hetero) is 1. The van der Waals surface area contributed by atoms with E-state index in [-0.39, 0.29) is 5.78 Å². The van der Waals surface area contributed by atoms with E-state index in [1.807, 2.05) is 12.1 Å². The van der Waals surface area contributed by atoms with E-state index in [0.717, 1.165) is 10.9 Å². The van der Waals surface area contributed by atoms with E-state index >= 15 is 0 Å². The number of hydrogen-bond acceptors (Lipinski definition) is 2. The summed E-state index contributed by atoms with van der Waals surface area (Å²) in [4.78, 5) is 15.8. The van der Waals surface area contributed by atoms with Crippen LogP contribution in [-0.2, 0) is 0 Å². The first-order valence-electron chi connectivity index (χ1n) is 4.78. The lowest BCUT2D eigenvalue weighted by molar-refractivity contribution is 0.0958. The van der Waals surface area contributed by atoms with E-state index in [4.69, 9.17) is 0 Å². The molecule has 0 N–H and O–H groups in total. The predicted molar refractivity (Wildman–Crippen MR) is 60.3 cm³/mol. The van der Waals surface area contributed by atoms with Crippen molar-refractivity contribution in [1.29, 1.82) is 0 Å². The fraction of sp³-hybridized carbons (Fsp3) is 0.455. The van der Waals surface area contributed by atoms with Crippen LogP contribution in [0.15, 0.2) is 22.8 Å². The van der Waals surface area contributed by atoms with Crippen molar-refractivity contribution in [2.24, 2.45) is 5.92 Å². The van der Waals surface area contributed by atoms with Gasteiger partial charge in [-0.1, -0.05) is 20.3 Å². The van der Waals surface area contributed by atoms with E-state index in [9.17, 15) is 4.79 Å². The van der Waals surface area contributed by atoms with Crippen molar-refractivity contribution in [3.8, 4) is 0 Å². The topological polar surface area (TPSA) is 30.0 Å². The largest absolute Gasteiger partial charge is 0.292 e. The number of carbonyl (C=O) groups excluding carboxylic acids is 1. The summed E-state index contributed by atoms with van der Waals surface area (Å²) >= 11 is 3.33. The first kappa shape index (κ1) is 11.4. The second kappa shape index (κ2) is 5.25. The van der Waals surface area contributed by atoms with Crippen molar-refractivity contribution in [3.05, 3.63) is 28.5 Å². The maximum absolute atomic E-state index is 11.7. The van der Waals surface area contributed by atoms with E-state index < -0.39 is 0 Å². The number of hydrogen-bond donors (Lipinski definition) is 0. The van der Waals surface area contributed by atoms with Gasteiger partial charge in [0.25, 0.3) is 0 Å². The zero-order chi connectivity index (χ0) is 10.6.